The van der Waals surface area contributed by atoms with Gasteiger partial charge in [0, 0.05) is 5.56 Å². The Bertz CT molecular complexity index is 838. The first-order chi connectivity index (χ1) is 13.9. The zero-order chi connectivity index (χ0) is 21.0. The maximum absolute atomic E-state index is 12.7. The Morgan fingerprint density at radius 1 is 1.28 bits per heavy atom. The molecule has 0 radical (unpaired) electrons. The molecule has 3 amide bonds. The highest BCUT2D eigenvalue weighted by Gasteiger charge is 2.36. The van der Waals surface area contributed by atoms with Crippen molar-refractivity contribution >= 4 is 35.7 Å². The standard InChI is InChI=1S/C20H24N2O6S/c1-11(2)28-20(25)22-18(24)15-6-7-29-19(15)21-17(23)13-8-12-9-14(26-3)4-5-16(12)27-10-13/h4-5,8-9,11,15,19H,6-7,10H2,1-3H3,(H,21,23)(H,22,24,25). The largest absolute Gasteiger partial charge is 0.497 e. The first-order valence-corrected chi connectivity index (χ1v) is 10.4. The van der Waals surface area contributed by atoms with Gasteiger partial charge in [0.15, 0.2) is 0 Å². The van der Waals surface area contributed by atoms with Crippen molar-refractivity contribution < 1.29 is 28.6 Å². The lowest BCUT2D eigenvalue weighted by atomic mass is 10.0. The average molecular weight is 420 g/mol. The molecule has 2 aliphatic heterocycles. The molecule has 156 valence electrons. The van der Waals surface area contributed by atoms with Crippen molar-refractivity contribution in [1.82, 2.24) is 10.6 Å². The summed E-state index contributed by atoms with van der Waals surface area (Å²) < 4.78 is 15.8. The molecule has 9 heteroatoms. The maximum Gasteiger partial charge on any atom is 0.414 e. The Kier molecular flexibility index (Phi) is 6.68. The van der Waals surface area contributed by atoms with Crippen LogP contribution in [0.3, 0.4) is 0 Å². The van der Waals surface area contributed by atoms with E-state index in [9.17, 15) is 14.4 Å². The van der Waals surface area contributed by atoms with Crippen LogP contribution >= 0.6 is 11.8 Å². The molecule has 29 heavy (non-hydrogen) atoms. The highest BCUT2D eigenvalue weighted by Crippen LogP contribution is 2.32. The predicted octanol–water partition coefficient (Wildman–Crippen LogP) is 2.33. The van der Waals surface area contributed by atoms with Crippen LogP contribution < -0.4 is 20.1 Å². The quantitative estimate of drug-likeness (QED) is 0.754. The van der Waals surface area contributed by atoms with Crippen LogP contribution in [0.15, 0.2) is 23.8 Å². The molecule has 0 bridgehead atoms. The monoisotopic (exact) mass is 420 g/mol. The summed E-state index contributed by atoms with van der Waals surface area (Å²) in [5, 5.41) is 4.70. The first-order valence-electron chi connectivity index (χ1n) is 9.32. The Labute approximate surface area is 173 Å². The highest BCUT2D eigenvalue weighted by molar-refractivity contribution is 8.00. The summed E-state index contributed by atoms with van der Waals surface area (Å²) in [5.41, 5.74) is 1.21. The average Bonchev–Trinajstić information content (AvgIpc) is 3.14. The number of amides is 3. The topological polar surface area (TPSA) is 103 Å². The smallest absolute Gasteiger partial charge is 0.414 e. The Hall–Kier alpha value is -2.68. The van der Waals surface area contributed by atoms with Gasteiger partial charge in [-0.2, -0.15) is 0 Å². The minimum absolute atomic E-state index is 0.139. The van der Waals surface area contributed by atoms with Crippen LogP contribution in [-0.2, 0) is 14.3 Å². The Morgan fingerprint density at radius 3 is 2.79 bits per heavy atom. The van der Waals surface area contributed by atoms with Gasteiger partial charge < -0.3 is 19.5 Å². The van der Waals surface area contributed by atoms with Crippen LogP contribution in [-0.4, -0.2) is 48.9 Å². The SMILES string of the molecule is COc1ccc2c(c1)C=C(C(=O)NC1SCCC1C(=O)NC(=O)OC(C)C)CO2. The molecular formula is C20H24N2O6S. The molecule has 1 aromatic carbocycles. The number of ether oxygens (including phenoxy) is 3. The van der Waals surface area contributed by atoms with Crippen molar-refractivity contribution in [2.24, 2.45) is 5.92 Å². The molecule has 1 aromatic rings. The lowest BCUT2D eigenvalue weighted by Crippen LogP contribution is -2.45. The molecule has 0 aliphatic carbocycles. The van der Waals surface area contributed by atoms with Crippen molar-refractivity contribution in [3.63, 3.8) is 0 Å². The summed E-state index contributed by atoms with van der Waals surface area (Å²) in [6.45, 7) is 3.54. The second-order valence-electron chi connectivity index (χ2n) is 6.97. The molecule has 3 rings (SSSR count). The van der Waals surface area contributed by atoms with Crippen LogP contribution in [0.1, 0.15) is 25.8 Å². The number of methoxy groups -OCH3 is 1. The molecule has 2 heterocycles. The fraction of sp³-hybridized carbons (Fsp3) is 0.450. The second-order valence-corrected chi connectivity index (χ2v) is 8.21. The molecular weight excluding hydrogens is 396 g/mol. The van der Waals surface area contributed by atoms with Gasteiger partial charge in [0.25, 0.3) is 5.91 Å². The number of imide groups is 1. The van der Waals surface area contributed by atoms with E-state index >= 15 is 0 Å². The highest BCUT2D eigenvalue weighted by atomic mass is 32.2. The van der Waals surface area contributed by atoms with Crippen LogP contribution in [0.4, 0.5) is 4.79 Å². The molecule has 2 unspecified atom stereocenters. The van der Waals surface area contributed by atoms with Gasteiger partial charge in [-0.15, -0.1) is 11.8 Å². The molecule has 8 nitrogen and oxygen atoms in total. The molecule has 0 spiro atoms. The van der Waals surface area contributed by atoms with Crippen molar-refractivity contribution in [2.75, 3.05) is 19.5 Å². The molecule has 2 atom stereocenters. The number of carbonyl (C=O) groups excluding carboxylic acids is 3. The van der Waals surface area contributed by atoms with Crippen molar-refractivity contribution in [3.05, 3.63) is 29.3 Å². The van der Waals surface area contributed by atoms with Gasteiger partial charge in [-0.05, 0) is 50.3 Å². The molecule has 2 N–H and O–H groups in total. The number of benzene rings is 1. The van der Waals surface area contributed by atoms with Gasteiger partial charge in [0.05, 0.1) is 30.1 Å². The van der Waals surface area contributed by atoms with Crippen molar-refractivity contribution in [2.45, 2.75) is 31.7 Å². The number of hydrogen-bond acceptors (Lipinski definition) is 7. The summed E-state index contributed by atoms with van der Waals surface area (Å²) in [4.78, 5) is 36.8. The van der Waals surface area contributed by atoms with Gasteiger partial charge in [0.2, 0.25) is 5.91 Å². The van der Waals surface area contributed by atoms with E-state index in [0.717, 1.165) is 5.56 Å². The summed E-state index contributed by atoms with van der Waals surface area (Å²) in [5.74, 6) is 0.786. The molecule has 2 aliphatic rings. The van der Waals surface area contributed by atoms with Gasteiger partial charge in [-0.3, -0.25) is 14.9 Å². The Balaban J connectivity index is 1.64. The molecule has 1 saturated heterocycles. The van der Waals surface area contributed by atoms with E-state index in [2.05, 4.69) is 10.6 Å². The van der Waals surface area contributed by atoms with E-state index in [0.29, 0.717) is 29.2 Å². The normalized spacial score (nSPS) is 20.2. The molecule has 0 saturated carbocycles. The zero-order valence-corrected chi connectivity index (χ0v) is 17.3. The number of fused-ring (bicyclic) bond motifs is 1. The van der Waals surface area contributed by atoms with Gasteiger partial charge in [0.1, 0.15) is 18.1 Å². The summed E-state index contributed by atoms with van der Waals surface area (Å²) in [6.07, 6.45) is 1.22. The number of rotatable bonds is 5. The summed E-state index contributed by atoms with van der Waals surface area (Å²) >= 11 is 1.47. The fourth-order valence-corrected chi connectivity index (χ4v) is 4.40. The van der Waals surface area contributed by atoms with Crippen LogP contribution in [0, 0.1) is 5.92 Å². The number of carbonyl (C=O) groups is 3. The van der Waals surface area contributed by atoms with E-state index in [4.69, 9.17) is 14.2 Å². The van der Waals surface area contributed by atoms with Crippen molar-refractivity contribution in [3.8, 4) is 11.5 Å². The first kappa shape index (κ1) is 21.0. The minimum atomic E-state index is -0.777. The van der Waals surface area contributed by atoms with Crippen molar-refractivity contribution in [1.29, 1.82) is 0 Å². The number of hydrogen-bond donors (Lipinski definition) is 2. The lowest BCUT2D eigenvalue weighted by Gasteiger charge is -2.22. The maximum atomic E-state index is 12.7. The third-order valence-electron chi connectivity index (χ3n) is 4.49. The summed E-state index contributed by atoms with van der Waals surface area (Å²) in [7, 11) is 1.57. The third kappa shape index (κ3) is 5.23. The number of alkyl carbamates (subject to hydrolysis) is 1. The third-order valence-corrected chi connectivity index (χ3v) is 5.77. The van der Waals surface area contributed by atoms with E-state index in [1.165, 1.54) is 11.8 Å². The number of nitrogens with one attached hydrogen (secondary N) is 2. The molecule has 1 fully saturated rings. The van der Waals surface area contributed by atoms with E-state index in [1.54, 1.807) is 45.2 Å². The van der Waals surface area contributed by atoms with Gasteiger partial charge >= 0.3 is 6.09 Å². The zero-order valence-electron chi connectivity index (χ0n) is 16.5. The predicted molar refractivity (Wildman–Crippen MR) is 109 cm³/mol. The number of thioether (sulfide) groups is 1. The Morgan fingerprint density at radius 2 is 2.07 bits per heavy atom. The van der Waals surface area contributed by atoms with Crippen LogP contribution in [0.5, 0.6) is 11.5 Å². The fourth-order valence-electron chi connectivity index (χ4n) is 3.07. The van der Waals surface area contributed by atoms with Gasteiger partial charge in [-0.25, -0.2) is 4.79 Å². The van der Waals surface area contributed by atoms with Crippen LogP contribution in [0.2, 0.25) is 0 Å². The summed E-state index contributed by atoms with van der Waals surface area (Å²) in [6, 6.07) is 5.38. The minimum Gasteiger partial charge on any atom is -0.497 e. The van der Waals surface area contributed by atoms with Crippen LogP contribution in [0.25, 0.3) is 6.08 Å². The lowest BCUT2D eigenvalue weighted by molar-refractivity contribution is -0.125. The van der Waals surface area contributed by atoms with Gasteiger partial charge in [-0.1, -0.05) is 0 Å². The second kappa shape index (κ2) is 9.21. The molecule has 0 aromatic heterocycles. The van der Waals surface area contributed by atoms with E-state index in [-0.39, 0.29) is 18.6 Å². The van der Waals surface area contributed by atoms with E-state index in [1.807, 2.05) is 0 Å². The van der Waals surface area contributed by atoms with E-state index < -0.39 is 23.3 Å².